The Morgan fingerprint density at radius 3 is 1.32 bits per heavy atom. The van der Waals surface area contributed by atoms with Gasteiger partial charge in [0.1, 0.15) is 0 Å². The second-order valence-electron chi connectivity index (χ2n) is 7.42. The number of unbranched alkanes of at least 4 members (excludes halogenated alkanes) is 14. The van der Waals surface area contributed by atoms with Crippen LogP contribution < -0.4 is 56.5 Å². The topological polar surface area (TPSA) is 83.5 Å². The molecular weight excluding hydrogens is 383 g/mol. The standard InChI is InChI=1S/C22H40O5.K/c1-2-3-4-5-6-7-8-9-10-11-12-13-14-15-16-17-21(25)27-22(26)19-18-20(23)24;/h2-19H2,1H3,(H,23,24);/q;+1/p-1. The SMILES string of the molecule is CCCCCCCCCCCCCCCCCC(=O)OC(=O)CCC(=O)[O-].[K+]. The van der Waals surface area contributed by atoms with E-state index in [9.17, 15) is 19.5 Å². The molecule has 6 heteroatoms. The summed E-state index contributed by atoms with van der Waals surface area (Å²) in [4.78, 5) is 32.8. The Kier molecular flexibility index (Phi) is 25.6. The van der Waals surface area contributed by atoms with E-state index in [1.807, 2.05) is 0 Å². The minimum absolute atomic E-state index is 0. The normalized spacial score (nSPS) is 10.3. The van der Waals surface area contributed by atoms with Crippen LogP contribution in [0, 0.1) is 0 Å². The molecule has 0 amide bonds. The first kappa shape index (κ1) is 30.4. The summed E-state index contributed by atoms with van der Waals surface area (Å²) < 4.78 is 4.55. The summed E-state index contributed by atoms with van der Waals surface area (Å²) in [5.41, 5.74) is 0. The number of hydrogen-bond acceptors (Lipinski definition) is 5. The van der Waals surface area contributed by atoms with Crippen LogP contribution in [-0.4, -0.2) is 17.9 Å². The van der Waals surface area contributed by atoms with E-state index in [2.05, 4.69) is 11.7 Å². The molecule has 0 atom stereocenters. The monoisotopic (exact) mass is 422 g/mol. The predicted octanol–water partition coefficient (Wildman–Crippen LogP) is 1.85. The van der Waals surface area contributed by atoms with Crippen molar-refractivity contribution in [3.8, 4) is 0 Å². The van der Waals surface area contributed by atoms with Gasteiger partial charge in [0, 0.05) is 12.4 Å². The van der Waals surface area contributed by atoms with Crippen LogP contribution in [0.25, 0.3) is 0 Å². The van der Waals surface area contributed by atoms with Crippen molar-refractivity contribution in [2.45, 2.75) is 122 Å². The third-order valence-electron chi connectivity index (χ3n) is 4.75. The Labute approximate surface area is 214 Å². The van der Waals surface area contributed by atoms with Gasteiger partial charge in [-0.2, -0.15) is 0 Å². The first-order valence-electron chi connectivity index (χ1n) is 11.0. The number of carboxylic acids is 1. The third kappa shape index (κ3) is 24.3. The molecule has 158 valence electrons. The molecule has 0 radical (unpaired) electrons. The molecular formula is C22H39KO5. The molecule has 0 saturated carbocycles. The molecule has 0 heterocycles. The molecule has 0 aliphatic rings. The summed E-state index contributed by atoms with van der Waals surface area (Å²) in [5.74, 6) is -2.67. The first-order valence-corrected chi connectivity index (χ1v) is 11.0. The number of rotatable bonds is 19. The van der Waals surface area contributed by atoms with Gasteiger partial charge >= 0.3 is 63.3 Å². The molecule has 28 heavy (non-hydrogen) atoms. The smallest absolute Gasteiger partial charge is 0.550 e. The minimum Gasteiger partial charge on any atom is -0.550 e. The van der Waals surface area contributed by atoms with E-state index < -0.39 is 24.3 Å². The van der Waals surface area contributed by atoms with Crippen LogP contribution >= 0.6 is 0 Å². The van der Waals surface area contributed by atoms with Gasteiger partial charge in [0.15, 0.2) is 0 Å². The third-order valence-corrected chi connectivity index (χ3v) is 4.75. The molecule has 0 aromatic heterocycles. The van der Waals surface area contributed by atoms with Gasteiger partial charge < -0.3 is 14.6 Å². The Morgan fingerprint density at radius 2 is 0.929 bits per heavy atom. The maximum atomic E-state index is 11.4. The molecule has 0 aromatic rings. The summed E-state index contributed by atoms with van der Waals surface area (Å²) in [6.45, 7) is 2.25. The van der Waals surface area contributed by atoms with Crippen LogP contribution in [0.15, 0.2) is 0 Å². The second-order valence-corrected chi connectivity index (χ2v) is 7.42. The summed E-state index contributed by atoms with van der Waals surface area (Å²) in [7, 11) is 0. The molecule has 0 aliphatic heterocycles. The number of ether oxygens (including phenoxy) is 1. The number of carbonyl (C=O) groups is 3. The zero-order valence-electron chi connectivity index (χ0n) is 18.3. The molecule has 0 N–H and O–H groups in total. The van der Waals surface area contributed by atoms with Crippen molar-refractivity contribution in [1.29, 1.82) is 0 Å². The Morgan fingerprint density at radius 1 is 0.571 bits per heavy atom. The van der Waals surface area contributed by atoms with Crippen molar-refractivity contribution in [2.75, 3.05) is 0 Å². The summed E-state index contributed by atoms with van der Waals surface area (Å²) >= 11 is 0. The van der Waals surface area contributed by atoms with Gasteiger partial charge in [-0.25, -0.2) is 0 Å². The number of hydrogen-bond donors (Lipinski definition) is 0. The fourth-order valence-electron chi connectivity index (χ4n) is 3.07. The zero-order chi connectivity index (χ0) is 20.2. The van der Waals surface area contributed by atoms with Gasteiger partial charge in [-0.3, -0.25) is 9.59 Å². The van der Waals surface area contributed by atoms with Crippen LogP contribution in [0.5, 0.6) is 0 Å². The molecule has 0 aromatic carbocycles. The Balaban J connectivity index is 0. The van der Waals surface area contributed by atoms with Crippen molar-refractivity contribution in [2.24, 2.45) is 0 Å². The molecule has 0 aliphatic carbocycles. The number of carboxylic acid groups (broad SMARTS) is 1. The van der Waals surface area contributed by atoms with E-state index in [-0.39, 0.29) is 64.2 Å². The van der Waals surface area contributed by atoms with Crippen LogP contribution in [0.2, 0.25) is 0 Å². The van der Waals surface area contributed by atoms with Crippen molar-refractivity contribution in [3.63, 3.8) is 0 Å². The molecule has 0 unspecified atom stereocenters. The average molecular weight is 423 g/mol. The molecule has 0 fully saturated rings. The quantitative estimate of drug-likeness (QED) is 0.137. The Bertz CT molecular complexity index is 398. The summed E-state index contributed by atoms with van der Waals surface area (Å²) in [6.07, 6.45) is 18.3. The van der Waals surface area contributed by atoms with E-state index in [0.717, 1.165) is 12.8 Å². The van der Waals surface area contributed by atoms with E-state index >= 15 is 0 Å². The molecule has 5 nitrogen and oxygen atoms in total. The first-order chi connectivity index (χ1) is 13.1. The van der Waals surface area contributed by atoms with E-state index in [4.69, 9.17) is 0 Å². The Hall–Kier alpha value is 0.246. The van der Waals surface area contributed by atoms with Gasteiger partial charge in [0.2, 0.25) is 0 Å². The van der Waals surface area contributed by atoms with Crippen LogP contribution in [0.4, 0.5) is 0 Å². The second kappa shape index (κ2) is 23.5. The van der Waals surface area contributed by atoms with Crippen molar-refractivity contribution < 1.29 is 75.6 Å². The maximum absolute atomic E-state index is 11.4. The molecule has 0 spiro atoms. The maximum Gasteiger partial charge on any atom is 1.00 e. The van der Waals surface area contributed by atoms with Crippen molar-refractivity contribution in [1.82, 2.24) is 0 Å². The molecule has 0 saturated heterocycles. The van der Waals surface area contributed by atoms with Gasteiger partial charge in [-0.1, -0.05) is 96.8 Å². The number of aliphatic carboxylic acids is 1. The van der Waals surface area contributed by atoms with Gasteiger partial charge in [0.05, 0.1) is 6.42 Å². The fraction of sp³-hybridized carbons (Fsp3) is 0.864. The van der Waals surface area contributed by atoms with Crippen LogP contribution in [0.1, 0.15) is 122 Å². The van der Waals surface area contributed by atoms with Crippen LogP contribution in [0.3, 0.4) is 0 Å². The van der Waals surface area contributed by atoms with Gasteiger partial charge in [-0.05, 0) is 12.8 Å². The van der Waals surface area contributed by atoms with Crippen LogP contribution in [-0.2, 0) is 19.1 Å². The van der Waals surface area contributed by atoms with Crippen molar-refractivity contribution >= 4 is 17.9 Å². The minimum atomic E-state index is -1.32. The largest absolute Gasteiger partial charge is 1.00 e. The summed E-state index contributed by atoms with van der Waals surface area (Å²) in [6, 6.07) is 0. The number of esters is 2. The van der Waals surface area contributed by atoms with Gasteiger partial charge in [0.25, 0.3) is 0 Å². The fourth-order valence-corrected chi connectivity index (χ4v) is 3.07. The van der Waals surface area contributed by atoms with E-state index in [0.29, 0.717) is 6.42 Å². The molecule has 0 rings (SSSR count). The van der Waals surface area contributed by atoms with Crippen molar-refractivity contribution in [3.05, 3.63) is 0 Å². The predicted molar refractivity (Wildman–Crippen MR) is 105 cm³/mol. The van der Waals surface area contributed by atoms with Gasteiger partial charge in [-0.15, -0.1) is 0 Å². The van der Waals surface area contributed by atoms with E-state index in [1.54, 1.807) is 0 Å². The molecule has 0 bridgehead atoms. The zero-order valence-corrected chi connectivity index (χ0v) is 21.4. The van der Waals surface area contributed by atoms with E-state index in [1.165, 1.54) is 77.0 Å². The summed E-state index contributed by atoms with van der Waals surface area (Å²) in [5, 5.41) is 10.2. The number of carbonyl (C=O) groups excluding carboxylic acids is 3. The average Bonchev–Trinajstić information content (AvgIpc) is 2.63.